The molecule has 6 nitrogen and oxygen atoms in total. The number of hydrogen-bond acceptors (Lipinski definition) is 4. The fourth-order valence-corrected chi connectivity index (χ4v) is 1.94. The van der Waals surface area contributed by atoms with Gasteiger partial charge in [-0.25, -0.2) is 4.39 Å². The van der Waals surface area contributed by atoms with Crippen LogP contribution in [0.2, 0.25) is 0 Å². The maximum Gasteiger partial charge on any atom is 0.293 e. The number of rotatable bonds is 7. The van der Waals surface area contributed by atoms with Gasteiger partial charge in [0.15, 0.2) is 0 Å². The van der Waals surface area contributed by atoms with Gasteiger partial charge in [0.05, 0.1) is 8.49 Å². The molecule has 20 heavy (non-hydrogen) atoms. The first kappa shape index (κ1) is 16.6. The standard InChI is InChI=1S/C12H15FIN3O3/c1-2-4-16-12(18)3-5-15-10-6-8(13)9(14)7-11(10)17(19)20/h6-7,15H,2-5H2,1H3,(H,16,18). The molecule has 1 amide bonds. The van der Waals surface area contributed by atoms with E-state index in [2.05, 4.69) is 10.6 Å². The maximum atomic E-state index is 13.4. The highest BCUT2D eigenvalue weighted by molar-refractivity contribution is 14.1. The molecule has 0 heterocycles. The lowest BCUT2D eigenvalue weighted by Crippen LogP contribution is -2.26. The van der Waals surface area contributed by atoms with Crippen molar-refractivity contribution in [2.45, 2.75) is 19.8 Å². The van der Waals surface area contributed by atoms with Crippen molar-refractivity contribution in [3.05, 3.63) is 31.6 Å². The van der Waals surface area contributed by atoms with Crippen molar-refractivity contribution >= 4 is 39.9 Å². The highest BCUT2D eigenvalue weighted by Crippen LogP contribution is 2.28. The van der Waals surface area contributed by atoms with Gasteiger partial charge in [0.2, 0.25) is 5.91 Å². The van der Waals surface area contributed by atoms with Crippen LogP contribution in [0.1, 0.15) is 19.8 Å². The van der Waals surface area contributed by atoms with Crippen molar-refractivity contribution < 1.29 is 14.1 Å². The van der Waals surface area contributed by atoms with E-state index in [0.29, 0.717) is 6.54 Å². The number of nitro groups is 1. The third kappa shape index (κ3) is 4.91. The van der Waals surface area contributed by atoms with Crippen molar-refractivity contribution in [1.82, 2.24) is 5.32 Å². The van der Waals surface area contributed by atoms with Crippen molar-refractivity contribution in [1.29, 1.82) is 0 Å². The van der Waals surface area contributed by atoms with Gasteiger partial charge in [-0.15, -0.1) is 0 Å². The number of benzene rings is 1. The van der Waals surface area contributed by atoms with Crippen LogP contribution in [0.25, 0.3) is 0 Å². The number of amides is 1. The molecule has 0 aliphatic rings. The number of carbonyl (C=O) groups excluding carboxylic acids is 1. The quantitative estimate of drug-likeness (QED) is 0.423. The zero-order valence-electron chi connectivity index (χ0n) is 10.9. The minimum Gasteiger partial charge on any atom is -0.379 e. The van der Waals surface area contributed by atoms with Gasteiger partial charge >= 0.3 is 0 Å². The van der Waals surface area contributed by atoms with Gasteiger partial charge in [0, 0.05) is 31.6 Å². The summed E-state index contributed by atoms with van der Waals surface area (Å²) in [5.74, 6) is -0.679. The number of nitrogens with one attached hydrogen (secondary N) is 2. The SMILES string of the molecule is CCCNC(=O)CCNc1cc(F)c(I)cc1[N+](=O)[O-]. The average molecular weight is 395 g/mol. The first-order valence-corrected chi connectivity index (χ1v) is 7.17. The molecule has 2 N–H and O–H groups in total. The molecule has 1 rings (SSSR count). The third-order valence-corrected chi connectivity index (χ3v) is 3.30. The van der Waals surface area contributed by atoms with Crippen molar-refractivity contribution in [2.24, 2.45) is 0 Å². The smallest absolute Gasteiger partial charge is 0.293 e. The van der Waals surface area contributed by atoms with Crippen LogP contribution in [0.5, 0.6) is 0 Å². The van der Waals surface area contributed by atoms with Crippen LogP contribution in [-0.2, 0) is 4.79 Å². The average Bonchev–Trinajstić information content (AvgIpc) is 2.39. The van der Waals surface area contributed by atoms with E-state index in [9.17, 15) is 19.3 Å². The van der Waals surface area contributed by atoms with Crippen molar-refractivity contribution in [3.63, 3.8) is 0 Å². The minimum atomic E-state index is -0.582. The van der Waals surface area contributed by atoms with Gasteiger partial charge in [-0.3, -0.25) is 14.9 Å². The number of nitrogens with zero attached hydrogens (tertiary/aromatic N) is 1. The van der Waals surface area contributed by atoms with Gasteiger partial charge in [0.25, 0.3) is 5.69 Å². The predicted molar refractivity (Wildman–Crippen MR) is 82.2 cm³/mol. The van der Waals surface area contributed by atoms with Crippen LogP contribution in [0, 0.1) is 19.5 Å². The van der Waals surface area contributed by atoms with E-state index in [0.717, 1.165) is 18.6 Å². The molecule has 0 saturated heterocycles. The largest absolute Gasteiger partial charge is 0.379 e. The summed E-state index contributed by atoms with van der Waals surface area (Å²) < 4.78 is 13.6. The molecule has 1 aromatic carbocycles. The zero-order valence-corrected chi connectivity index (χ0v) is 13.1. The number of nitro benzene ring substituents is 1. The Balaban J connectivity index is 2.65. The van der Waals surface area contributed by atoms with E-state index in [-0.39, 0.29) is 33.8 Å². The van der Waals surface area contributed by atoms with Gasteiger partial charge < -0.3 is 10.6 Å². The number of hydrogen-bond donors (Lipinski definition) is 2. The summed E-state index contributed by atoms with van der Waals surface area (Å²) in [7, 11) is 0. The normalized spacial score (nSPS) is 10.2. The molecular formula is C12H15FIN3O3. The van der Waals surface area contributed by atoms with E-state index >= 15 is 0 Å². The Morgan fingerprint density at radius 3 is 2.75 bits per heavy atom. The Hall–Kier alpha value is -1.45. The lowest BCUT2D eigenvalue weighted by Gasteiger charge is -2.08. The summed E-state index contributed by atoms with van der Waals surface area (Å²) >= 11 is 1.69. The van der Waals surface area contributed by atoms with E-state index in [1.807, 2.05) is 6.92 Å². The van der Waals surface area contributed by atoms with Crippen LogP contribution in [0.4, 0.5) is 15.8 Å². The van der Waals surface area contributed by atoms with Crippen LogP contribution in [0.3, 0.4) is 0 Å². The molecule has 0 aliphatic heterocycles. The number of anilines is 1. The second kappa shape index (κ2) is 7.98. The van der Waals surface area contributed by atoms with Crippen LogP contribution < -0.4 is 10.6 Å². The molecule has 0 aliphatic carbocycles. The molecule has 0 aromatic heterocycles. The summed E-state index contributed by atoms with van der Waals surface area (Å²) in [6.45, 7) is 2.74. The van der Waals surface area contributed by atoms with Crippen LogP contribution in [-0.4, -0.2) is 23.9 Å². The van der Waals surface area contributed by atoms with Gasteiger partial charge in [-0.1, -0.05) is 6.92 Å². The van der Waals surface area contributed by atoms with Crippen LogP contribution >= 0.6 is 22.6 Å². The summed E-state index contributed by atoms with van der Waals surface area (Å²) in [4.78, 5) is 21.7. The molecule has 1 aromatic rings. The monoisotopic (exact) mass is 395 g/mol. The molecule has 0 atom stereocenters. The van der Waals surface area contributed by atoms with E-state index in [1.54, 1.807) is 22.6 Å². The Morgan fingerprint density at radius 2 is 2.15 bits per heavy atom. The van der Waals surface area contributed by atoms with Gasteiger partial charge in [0.1, 0.15) is 11.5 Å². The van der Waals surface area contributed by atoms with Crippen molar-refractivity contribution in [3.8, 4) is 0 Å². The zero-order chi connectivity index (χ0) is 15.1. The lowest BCUT2D eigenvalue weighted by molar-refractivity contribution is -0.384. The molecule has 0 fully saturated rings. The fraction of sp³-hybridized carbons (Fsp3) is 0.417. The van der Waals surface area contributed by atoms with E-state index in [1.165, 1.54) is 0 Å². The molecule has 0 spiro atoms. The summed E-state index contributed by atoms with van der Waals surface area (Å²) in [5, 5.41) is 16.3. The first-order valence-electron chi connectivity index (χ1n) is 6.09. The van der Waals surface area contributed by atoms with Crippen molar-refractivity contribution in [2.75, 3.05) is 18.4 Å². The number of carbonyl (C=O) groups is 1. The first-order chi connectivity index (χ1) is 9.45. The molecule has 110 valence electrons. The highest BCUT2D eigenvalue weighted by atomic mass is 127. The third-order valence-electron chi connectivity index (χ3n) is 2.47. The summed E-state index contributed by atoms with van der Waals surface area (Å²) in [6, 6.07) is 2.24. The van der Waals surface area contributed by atoms with E-state index in [4.69, 9.17) is 0 Å². The minimum absolute atomic E-state index is 0.0798. The van der Waals surface area contributed by atoms with Gasteiger partial charge in [-0.2, -0.15) is 0 Å². The summed E-state index contributed by atoms with van der Waals surface area (Å²) in [5.41, 5.74) is -0.124. The fourth-order valence-electron chi connectivity index (χ4n) is 1.49. The lowest BCUT2D eigenvalue weighted by atomic mass is 10.2. The Morgan fingerprint density at radius 1 is 1.45 bits per heavy atom. The molecular weight excluding hydrogens is 380 g/mol. The Labute approximate surface area is 129 Å². The maximum absolute atomic E-state index is 13.4. The highest BCUT2D eigenvalue weighted by Gasteiger charge is 2.17. The molecule has 0 saturated carbocycles. The van der Waals surface area contributed by atoms with Crippen LogP contribution in [0.15, 0.2) is 12.1 Å². The summed E-state index contributed by atoms with van der Waals surface area (Å²) in [6.07, 6.45) is 1.01. The molecule has 0 bridgehead atoms. The second-order valence-corrected chi connectivity index (χ2v) is 5.23. The van der Waals surface area contributed by atoms with E-state index < -0.39 is 10.7 Å². The van der Waals surface area contributed by atoms with Gasteiger partial charge in [-0.05, 0) is 29.0 Å². The predicted octanol–water partition coefficient (Wildman–Crippen LogP) is 2.67. The Bertz CT molecular complexity index is 511. The molecule has 8 heteroatoms. The second-order valence-electron chi connectivity index (χ2n) is 4.07. The number of halogens is 2. The topological polar surface area (TPSA) is 84.3 Å². The molecule has 0 unspecified atom stereocenters. The molecule has 0 radical (unpaired) electrons. The Kier molecular flexibility index (Phi) is 6.62.